The molecule has 0 aliphatic heterocycles. The molecule has 2 aromatic rings. The average Bonchev–Trinajstić information content (AvgIpc) is 2.86. The fourth-order valence-electron chi connectivity index (χ4n) is 4.47. The summed E-state index contributed by atoms with van der Waals surface area (Å²) in [5.74, 6) is 0. The van der Waals surface area contributed by atoms with Gasteiger partial charge in [-0.15, -0.1) is 0 Å². The number of unbranched alkanes of at least 4 members (excludes halogenated alkanes) is 8. The molecule has 0 aromatic heterocycles. The molecule has 5 heteroatoms. The van der Waals surface area contributed by atoms with Gasteiger partial charge in [0, 0.05) is 25.9 Å². The van der Waals surface area contributed by atoms with E-state index in [-0.39, 0.29) is 7.92 Å². The van der Waals surface area contributed by atoms with Gasteiger partial charge < -0.3 is 13.3 Å². The van der Waals surface area contributed by atoms with Crippen molar-refractivity contribution in [3.63, 3.8) is 0 Å². The Balaban J connectivity index is 1.58. The van der Waals surface area contributed by atoms with Crippen molar-refractivity contribution in [1.82, 2.24) is 0 Å². The van der Waals surface area contributed by atoms with Crippen LogP contribution in [0.2, 0.25) is 6.04 Å². The van der Waals surface area contributed by atoms with E-state index in [1.807, 2.05) is 20.8 Å². The fraction of sp³-hybridized carbons (Fsp3) is 0.586. The SMILES string of the molecule is CCO[Si](CCCCCCCCCCCP(c1ccccc1)c1ccccc1)(OCC)OCC. The van der Waals surface area contributed by atoms with Crippen molar-refractivity contribution in [2.24, 2.45) is 0 Å². The molecule has 0 amide bonds. The third kappa shape index (κ3) is 11.1. The first-order valence-corrected chi connectivity index (χ1v) is 17.0. The van der Waals surface area contributed by atoms with Crippen LogP contribution in [0.1, 0.15) is 78.6 Å². The van der Waals surface area contributed by atoms with Crippen LogP contribution in [0.4, 0.5) is 0 Å². The first-order valence-electron chi connectivity index (χ1n) is 13.5. The Bertz CT molecular complexity index is 672. The molecular weight excluding hydrogens is 455 g/mol. The minimum Gasteiger partial charge on any atom is -0.374 e. The monoisotopic (exact) mass is 502 g/mol. The first-order chi connectivity index (χ1) is 16.7. The van der Waals surface area contributed by atoms with Crippen LogP contribution in [-0.2, 0) is 13.3 Å². The van der Waals surface area contributed by atoms with Gasteiger partial charge in [0.1, 0.15) is 0 Å². The Kier molecular flexibility index (Phi) is 15.7. The summed E-state index contributed by atoms with van der Waals surface area (Å²) in [7, 11) is -2.67. The quantitative estimate of drug-likeness (QED) is 0.106. The summed E-state index contributed by atoms with van der Waals surface area (Å²) in [4.78, 5) is 0. The lowest BCUT2D eigenvalue weighted by Crippen LogP contribution is -2.45. The van der Waals surface area contributed by atoms with E-state index >= 15 is 0 Å². The van der Waals surface area contributed by atoms with E-state index in [9.17, 15) is 0 Å². The minimum absolute atomic E-state index is 0.231. The van der Waals surface area contributed by atoms with Crippen LogP contribution >= 0.6 is 7.92 Å². The highest BCUT2D eigenvalue weighted by Crippen LogP contribution is 2.34. The Morgan fingerprint density at radius 2 is 0.912 bits per heavy atom. The summed E-state index contributed by atoms with van der Waals surface area (Å²) in [6.45, 7) is 8.11. The number of hydrogen-bond acceptors (Lipinski definition) is 3. The van der Waals surface area contributed by atoms with Crippen LogP contribution in [-0.4, -0.2) is 34.8 Å². The second-order valence-electron chi connectivity index (χ2n) is 8.74. The second-order valence-corrected chi connectivity index (χ2v) is 13.8. The molecule has 2 rings (SSSR count). The molecule has 0 saturated heterocycles. The number of hydrogen-bond donors (Lipinski definition) is 0. The number of benzene rings is 2. The van der Waals surface area contributed by atoms with E-state index in [0.29, 0.717) is 19.8 Å². The van der Waals surface area contributed by atoms with Crippen molar-refractivity contribution in [1.29, 1.82) is 0 Å². The molecule has 0 saturated carbocycles. The molecule has 0 bridgehead atoms. The summed E-state index contributed by atoms with van der Waals surface area (Å²) >= 11 is 0. The number of rotatable bonds is 20. The van der Waals surface area contributed by atoms with Gasteiger partial charge in [-0.1, -0.05) is 106 Å². The zero-order valence-electron chi connectivity index (χ0n) is 21.8. The van der Waals surface area contributed by atoms with Crippen molar-refractivity contribution >= 4 is 27.3 Å². The molecule has 0 N–H and O–H groups in total. The van der Waals surface area contributed by atoms with Crippen molar-refractivity contribution in [3.05, 3.63) is 60.7 Å². The van der Waals surface area contributed by atoms with Gasteiger partial charge in [0.25, 0.3) is 0 Å². The van der Waals surface area contributed by atoms with Crippen LogP contribution in [0.15, 0.2) is 60.7 Å². The molecule has 0 aliphatic rings. The Morgan fingerprint density at radius 3 is 1.32 bits per heavy atom. The summed E-state index contributed by atoms with van der Waals surface area (Å²) < 4.78 is 17.9. The normalized spacial score (nSPS) is 11.9. The second kappa shape index (κ2) is 18.3. The molecule has 0 fully saturated rings. The Morgan fingerprint density at radius 1 is 0.529 bits per heavy atom. The van der Waals surface area contributed by atoms with E-state index in [0.717, 1.165) is 12.5 Å². The molecule has 2 aromatic carbocycles. The maximum atomic E-state index is 5.96. The molecule has 3 nitrogen and oxygen atoms in total. The van der Waals surface area contributed by atoms with E-state index in [1.165, 1.54) is 68.1 Å². The third-order valence-corrected chi connectivity index (χ3v) is 11.9. The van der Waals surface area contributed by atoms with Crippen molar-refractivity contribution in [2.75, 3.05) is 26.0 Å². The van der Waals surface area contributed by atoms with Crippen molar-refractivity contribution < 1.29 is 13.3 Å². The average molecular weight is 503 g/mol. The predicted octanol–water partition coefficient (Wildman–Crippen LogP) is 7.68. The molecule has 0 heterocycles. The van der Waals surface area contributed by atoms with Gasteiger partial charge >= 0.3 is 8.80 Å². The molecule has 0 radical (unpaired) electrons. The van der Waals surface area contributed by atoms with Gasteiger partial charge in [-0.25, -0.2) is 0 Å². The summed E-state index contributed by atoms with van der Waals surface area (Å²) in [6, 6.07) is 23.2. The maximum Gasteiger partial charge on any atom is 0.500 e. The van der Waals surface area contributed by atoms with Crippen LogP contribution in [0, 0.1) is 0 Å². The summed E-state index contributed by atoms with van der Waals surface area (Å²) in [5.41, 5.74) is 0. The van der Waals surface area contributed by atoms with E-state index in [1.54, 1.807) is 0 Å². The van der Waals surface area contributed by atoms with Crippen molar-refractivity contribution in [2.45, 2.75) is 84.6 Å². The van der Waals surface area contributed by atoms with E-state index < -0.39 is 8.80 Å². The lowest BCUT2D eigenvalue weighted by atomic mass is 10.1. The predicted molar refractivity (Wildman–Crippen MR) is 151 cm³/mol. The third-order valence-electron chi connectivity index (χ3n) is 6.09. The maximum absolute atomic E-state index is 5.96. The highest BCUT2D eigenvalue weighted by Gasteiger charge is 2.39. The molecule has 0 atom stereocenters. The van der Waals surface area contributed by atoms with Crippen LogP contribution in [0.3, 0.4) is 0 Å². The largest absolute Gasteiger partial charge is 0.500 e. The molecule has 0 unspecified atom stereocenters. The van der Waals surface area contributed by atoms with Gasteiger partial charge in [0.2, 0.25) is 0 Å². The lowest BCUT2D eigenvalue weighted by Gasteiger charge is -2.28. The zero-order valence-corrected chi connectivity index (χ0v) is 23.7. The van der Waals surface area contributed by atoms with Crippen molar-refractivity contribution in [3.8, 4) is 0 Å². The first kappa shape index (κ1) is 29.2. The molecular formula is C29H47O3PSi. The van der Waals surface area contributed by atoms with Gasteiger partial charge in [-0.05, 0) is 58.3 Å². The highest BCUT2D eigenvalue weighted by atomic mass is 31.1. The van der Waals surface area contributed by atoms with Gasteiger partial charge in [-0.3, -0.25) is 0 Å². The standard InChI is InChI=1S/C29H47O3PSi/c1-4-30-34(31-5-2,32-6-3)27-21-13-11-9-7-8-10-12-20-26-33(28-22-16-14-17-23-28)29-24-18-15-19-25-29/h14-19,22-25H,4-13,20-21,26-27H2,1-3H3. The van der Waals surface area contributed by atoms with E-state index in [4.69, 9.17) is 13.3 Å². The van der Waals surface area contributed by atoms with E-state index in [2.05, 4.69) is 60.7 Å². The van der Waals surface area contributed by atoms with Crippen LogP contribution in [0.5, 0.6) is 0 Å². The molecule has 0 spiro atoms. The van der Waals surface area contributed by atoms with Gasteiger partial charge in [-0.2, -0.15) is 0 Å². The zero-order chi connectivity index (χ0) is 24.3. The summed E-state index contributed by atoms with van der Waals surface area (Å²) in [5, 5.41) is 3.02. The molecule has 190 valence electrons. The van der Waals surface area contributed by atoms with Gasteiger partial charge in [0.15, 0.2) is 0 Å². The smallest absolute Gasteiger partial charge is 0.374 e. The molecule has 34 heavy (non-hydrogen) atoms. The minimum atomic E-state index is -2.44. The Hall–Kier alpha value is -1.03. The lowest BCUT2D eigenvalue weighted by molar-refractivity contribution is 0.0706. The van der Waals surface area contributed by atoms with Crippen LogP contribution < -0.4 is 10.6 Å². The highest BCUT2D eigenvalue weighted by molar-refractivity contribution is 7.73. The fourth-order valence-corrected chi connectivity index (χ4v) is 9.58. The molecule has 0 aliphatic carbocycles. The Labute approximate surface area is 211 Å². The topological polar surface area (TPSA) is 27.7 Å². The van der Waals surface area contributed by atoms with Crippen LogP contribution in [0.25, 0.3) is 0 Å². The van der Waals surface area contributed by atoms with Gasteiger partial charge in [0.05, 0.1) is 0 Å². The summed E-state index contributed by atoms with van der Waals surface area (Å²) in [6.07, 6.45) is 13.1.